The molecule has 218 valence electrons. The zero-order chi connectivity index (χ0) is 28.9. The number of carbonyl (C=O) groups is 2. The van der Waals surface area contributed by atoms with E-state index in [-0.39, 0.29) is 36.0 Å². The summed E-state index contributed by atoms with van der Waals surface area (Å²) in [6, 6.07) is 6.57. The van der Waals surface area contributed by atoms with Gasteiger partial charge in [0, 0.05) is 80.8 Å². The Balaban J connectivity index is 1.48. The molecule has 1 N–H and O–H groups in total. The lowest BCUT2D eigenvalue weighted by Crippen LogP contribution is -2.55. The van der Waals surface area contributed by atoms with Crippen LogP contribution in [0.4, 0.5) is 16.2 Å². The van der Waals surface area contributed by atoms with Crippen molar-refractivity contribution in [2.24, 2.45) is 16.8 Å². The molecule has 2 amide bonds. The molecule has 0 radical (unpaired) electrons. The molecule has 2 fully saturated rings. The molecular formula is C31H46N6O3. The first-order chi connectivity index (χ1) is 18.8. The number of anilines is 2. The van der Waals surface area contributed by atoms with Gasteiger partial charge in [0.05, 0.1) is 6.04 Å². The number of piperazine rings is 1. The molecule has 0 spiro atoms. The highest BCUT2D eigenvalue weighted by Gasteiger charge is 2.48. The molecule has 1 saturated carbocycles. The maximum Gasteiger partial charge on any atom is 0.410 e. The van der Waals surface area contributed by atoms with E-state index in [0.717, 1.165) is 48.0 Å². The fraction of sp³-hybridized carbons (Fsp3) is 0.645. The number of likely N-dealkylation sites (N-methyl/N-ethyl adjacent to an activating group) is 1. The van der Waals surface area contributed by atoms with E-state index in [1.165, 1.54) is 0 Å². The van der Waals surface area contributed by atoms with Crippen LogP contribution in [0.5, 0.6) is 0 Å². The van der Waals surface area contributed by atoms with E-state index in [9.17, 15) is 9.59 Å². The summed E-state index contributed by atoms with van der Waals surface area (Å²) < 4.78 is 5.65. The van der Waals surface area contributed by atoms with Crippen LogP contribution in [0.1, 0.15) is 72.9 Å². The van der Waals surface area contributed by atoms with Gasteiger partial charge in [-0.2, -0.15) is 0 Å². The van der Waals surface area contributed by atoms with Crippen molar-refractivity contribution in [3.63, 3.8) is 0 Å². The summed E-state index contributed by atoms with van der Waals surface area (Å²) in [5.41, 5.74) is 3.76. The first-order valence-corrected chi connectivity index (χ1v) is 14.7. The third-order valence-electron chi connectivity index (χ3n) is 8.59. The number of hydrogen-bond donors (Lipinski definition) is 1. The number of amides is 2. The number of guanidine groups is 1. The first-order valence-electron chi connectivity index (χ1n) is 14.7. The van der Waals surface area contributed by atoms with Gasteiger partial charge in [0.25, 0.3) is 0 Å². The summed E-state index contributed by atoms with van der Waals surface area (Å²) in [4.78, 5) is 39.6. The van der Waals surface area contributed by atoms with Crippen molar-refractivity contribution < 1.29 is 14.3 Å². The molecule has 1 saturated heterocycles. The average molecular weight is 551 g/mol. The predicted octanol–water partition coefficient (Wildman–Crippen LogP) is 4.75. The number of aliphatic imine (C=N–C) groups is 1. The van der Waals surface area contributed by atoms with Crippen molar-refractivity contribution in [3.05, 3.63) is 35.5 Å². The van der Waals surface area contributed by atoms with Crippen molar-refractivity contribution in [2.45, 2.75) is 85.0 Å². The summed E-state index contributed by atoms with van der Waals surface area (Å²) in [5.74, 6) is 1.67. The highest BCUT2D eigenvalue weighted by molar-refractivity contribution is 5.94. The number of nitrogens with one attached hydrogen (secondary N) is 1. The normalized spacial score (nSPS) is 28.2. The minimum absolute atomic E-state index is 0.0115. The lowest BCUT2D eigenvalue weighted by atomic mass is 9.80. The number of rotatable bonds is 3. The number of hydrogen-bond acceptors (Lipinski definition) is 5. The number of benzene rings is 1. The second-order valence-corrected chi connectivity index (χ2v) is 13.1. The summed E-state index contributed by atoms with van der Waals surface area (Å²) in [7, 11) is 2.06. The quantitative estimate of drug-likeness (QED) is 0.585. The summed E-state index contributed by atoms with van der Waals surface area (Å²) in [6.45, 7) is 16.6. The van der Waals surface area contributed by atoms with Crippen LogP contribution in [0.3, 0.4) is 0 Å². The van der Waals surface area contributed by atoms with Gasteiger partial charge in [-0.05, 0) is 77.7 Å². The Morgan fingerprint density at radius 2 is 1.85 bits per heavy atom. The maximum absolute atomic E-state index is 13.1. The molecule has 1 aromatic carbocycles. The molecule has 2 unspecified atom stereocenters. The van der Waals surface area contributed by atoms with E-state index in [1.54, 1.807) is 6.92 Å². The zero-order valence-corrected chi connectivity index (χ0v) is 25.4. The van der Waals surface area contributed by atoms with Gasteiger partial charge in [0.15, 0.2) is 5.96 Å². The molecule has 5 rings (SSSR count). The SMILES string of the molecule is CC(=O)N1c2ccc(N3CCN(C(=O)OC(C)(C)C)[C@@H](C)C3)cc2C(N=C2NC(C)=CCN2C)C(C)[C@@H]1C1CC1. The van der Waals surface area contributed by atoms with Crippen molar-refractivity contribution in [1.82, 2.24) is 15.1 Å². The van der Waals surface area contributed by atoms with E-state index >= 15 is 0 Å². The third-order valence-corrected chi connectivity index (χ3v) is 8.59. The van der Waals surface area contributed by atoms with E-state index in [2.05, 4.69) is 67.2 Å². The summed E-state index contributed by atoms with van der Waals surface area (Å²) in [5, 5.41) is 3.47. The zero-order valence-electron chi connectivity index (χ0n) is 25.4. The smallest absolute Gasteiger partial charge is 0.410 e. The molecule has 0 aromatic heterocycles. The molecule has 1 aliphatic carbocycles. The average Bonchev–Trinajstić information content (AvgIpc) is 3.71. The van der Waals surface area contributed by atoms with Crippen LogP contribution in [-0.4, -0.2) is 78.7 Å². The van der Waals surface area contributed by atoms with Gasteiger partial charge in [-0.3, -0.25) is 4.79 Å². The van der Waals surface area contributed by atoms with Gasteiger partial charge in [0.2, 0.25) is 5.91 Å². The fourth-order valence-electron chi connectivity index (χ4n) is 6.43. The molecule has 40 heavy (non-hydrogen) atoms. The molecule has 4 aliphatic rings. The molecule has 9 nitrogen and oxygen atoms in total. The number of fused-ring (bicyclic) bond motifs is 1. The van der Waals surface area contributed by atoms with Gasteiger partial charge in [-0.15, -0.1) is 0 Å². The van der Waals surface area contributed by atoms with Gasteiger partial charge >= 0.3 is 6.09 Å². The van der Waals surface area contributed by atoms with Crippen LogP contribution in [-0.2, 0) is 9.53 Å². The van der Waals surface area contributed by atoms with E-state index in [0.29, 0.717) is 25.6 Å². The highest BCUT2D eigenvalue weighted by Crippen LogP contribution is 2.51. The van der Waals surface area contributed by atoms with E-state index in [1.807, 2.05) is 30.6 Å². The molecule has 4 atom stereocenters. The first kappa shape index (κ1) is 28.3. The lowest BCUT2D eigenvalue weighted by Gasteiger charge is -2.45. The van der Waals surface area contributed by atoms with E-state index in [4.69, 9.17) is 9.73 Å². The van der Waals surface area contributed by atoms with Crippen molar-refractivity contribution in [1.29, 1.82) is 0 Å². The van der Waals surface area contributed by atoms with Gasteiger partial charge in [-0.1, -0.05) is 6.92 Å². The number of carbonyl (C=O) groups excluding carboxylic acids is 2. The molecule has 0 bridgehead atoms. The highest BCUT2D eigenvalue weighted by atomic mass is 16.6. The van der Waals surface area contributed by atoms with Crippen molar-refractivity contribution in [2.75, 3.05) is 43.0 Å². The molecule has 1 aromatic rings. The Morgan fingerprint density at radius 3 is 2.48 bits per heavy atom. The van der Waals surface area contributed by atoms with Crippen molar-refractivity contribution >= 4 is 29.3 Å². The molecule has 3 aliphatic heterocycles. The molecule has 9 heteroatoms. The summed E-state index contributed by atoms with van der Waals surface area (Å²) in [6.07, 6.45) is 4.23. The number of ether oxygens (including phenoxy) is 1. The Hall–Kier alpha value is -3.23. The van der Waals surface area contributed by atoms with Crippen LogP contribution in [0.2, 0.25) is 0 Å². The van der Waals surface area contributed by atoms with Gasteiger partial charge in [-0.25, -0.2) is 9.79 Å². The minimum atomic E-state index is -0.518. The van der Waals surface area contributed by atoms with Crippen LogP contribution >= 0.6 is 0 Å². The number of allylic oxidation sites excluding steroid dienone is 1. The van der Waals surface area contributed by atoms with Crippen LogP contribution in [0, 0.1) is 11.8 Å². The summed E-state index contributed by atoms with van der Waals surface area (Å²) >= 11 is 0. The monoisotopic (exact) mass is 550 g/mol. The van der Waals surface area contributed by atoms with E-state index < -0.39 is 5.60 Å². The van der Waals surface area contributed by atoms with Gasteiger partial charge < -0.3 is 29.7 Å². The topological polar surface area (TPSA) is 80.7 Å². The molecule has 3 heterocycles. The lowest BCUT2D eigenvalue weighted by molar-refractivity contribution is -0.117. The maximum atomic E-state index is 13.1. The standard InChI is InChI=1S/C31H46N6O3/c1-19-13-14-34(8)29(32-19)33-27-21(3)28(23-9-10-23)37(22(4)38)26-12-11-24(17-25(26)27)35-15-16-36(20(2)18-35)30(39)40-31(5,6)7/h11-13,17,20-21,23,27-28H,9-10,14-16,18H2,1-8H3,(H,32,33)/t20-,21?,27?,28+/m0/s1. The second kappa shape index (κ2) is 10.6. The Bertz CT molecular complexity index is 1220. The Kier molecular flexibility index (Phi) is 7.52. The van der Waals surface area contributed by atoms with Crippen LogP contribution < -0.4 is 15.1 Å². The second-order valence-electron chi connectivity index (χ2n) is 13.1. The third kappa shape index (κ3) is 5.65. The Labute approximate surface area is 239 Å². The minimum Gasteiger partial charge on any atom is -0.444 e. The van der Waals surface area contributed by atoms with Crippen LogP contribution in [0.15, 0.2) is 35.0 Å². The molecular weight excluding hydrogens is 504 g/mol. The largest absolute Gasteiger partial charge is 0.444 e. The van der Waals surface area contributed by atoms with Gasteiger partial charge in [0.1, 0.15) is 5.60 Å². The fourth-order valence-corrected chi connectivity index (χ4v) is 6.43. The number of nitrogens with zero attached hydrogens (tertiary/aromatic N) is 5. The van der Waals surface area contributed by atoms with Crippen LogP contribution in [0.25, 0.3) is 0 Å². The predicted molar refractivity (Wildman–Crippen MR) is 160 cm³/mol. The Morgan fingerprint density at radius 1 is 1.12 bits per heavy atom. The van der Waals surface area contributed by atoms with Crippen molar-refractivity contribution in [3.8, 4) is 0 Å².